The van der Waals surface area contributed by atoms with Crippen molar-refractivity contribution in [2.24, 2.45) is 5.92 Å². The van der Waals surface area contributed by atoms with Gasteiger partial charge in [0.1, 0.15) is 5.82 Å². The molecule has 0 spiro atoms. The first-order valence-electron chi connectivity index (χ1n) is 5.16. The lowest BCUT2D eigenvalue weighted by molar-refractivity contribution is 0.112. The summed E-state index contributed by atoms with van der Waals surface area (Å²) in [4.78, 5) is 0. The van der Waals surface area contributed by atoms with E-state index in [1.54, 1.807) is 12.1 Å². The molecule has 2 unspecified atom stereocenters. The van der Waals surface area contributed by atoms with Gasteiger partial charge in [0.2, 0.25) is 0 Å². The Kier molecular flexibility index (Phi) is 4.74. The second-order valence-corrected chi connectivity index (χ2v) is 4.81. The van der Waals surface area contributed by atoms with Gasteiger partial charge in [-0.2, -0.15) is 0 Å². The Morgan fingerprint density at radius 3 is 2.73 bits per heavy atom. The second-order valence-electron chi connectivity index (χ2n) is 3.89. The second kappa shape index (κ2) is 5.61. The Bertz CT molecular complexity index is 327. The molecule has 15 heavy (non-hydrogen) atoms. The molecule has 0 saturated carbocycles. The Balaban J connectivity index is 2.75. The highest BCUT2D eigenvalue weighted by atomic mass is 79.9. The molecule has 1 N–H and O–H groups in total. The Morgan fingerprint density at radius 1 is 1.47 bits per heavy atom. The molecule has 0 aromatic heterocycles. The molecule has 0 fully saturated rings. The van der Waals surface area contributed by atoms with Gasteiger partial charge in [0.05, 0.1) is 6.10 Å². The van der Waals surface area contributed by atoms with E-state index in [-0.39, 0.29) is 17.8 Å². The van der Waals surface area contributed by atoms with E-state index in [1.165, 1.54) is 6.07 Å². The number of aliphatic hydroxyl groups is 1. The van der Waals surface area contributed by atoms with Gasteiger partial charge in [0.25, 0.3) is 0 Å². The quantitative estimate of drug-likeness (QED) is 0.891. The van der Waals surface area contributed by atoms with Crippen LogP contribution < -0.4 is 0 Å². The lowest BCUT2D eigenvalue weighted by Crippen LogP contribution is -2.19. The molecular formula is C12H16BrFO. The van der Waals surface area contributed by atoms with Crippen LogP contribution in [0, 0.1) is 11.7 Å². The van der Waals surface area contributed by atoms with Gasteiger partial charge in [0.15, 0.2) is 0 Å². The van der Waals surface area contributed by atoms with E-state index in [2.05, 4.69) is 15.9 Å². The third kappa shape index (κ3) is 3.58. The highest BCUT2D eigenvalue weighted by molar-refractivity contribution is 9.10. The predicted octanol–water partition coefficient (Wildman–Crippen LogP) is 3.54. The molecule has 0 radical (unpaired) electrons. The van der Waals surface area contributed by atoms with Crippen molar-refractivity contribution in [1.29, 1.82) is 0 Å². The van der Waals surface area contributed by atoms with Crippen LogP contribution in [-0.2, 0) is 6.42 Å². The maximum Gasteiger partial charge on any atom is 0.126 e. The van der Waals surface area contributed by atoms with Gasteiger partial charge in [-0.3, -0.25) is 0 Å². The minimum Gasteiger partial charge on any atom is -0.393 e. The van der Waals surface area contributed by atoms with Gasteiger partial charge < -0.3 is 5.11 Å². The van der Waals surface area contributed by atoms with Crippen LogP contribution in [0.4, 0.5) is 4.39 Å². The number of halogens is 2. The average molecular weight is 275 g/mol. The zero-order valence-electron chi connectivity index (χ0n) is 9.00. The standard InChI is InChI=1S/C12H16BrFO/c1-3-12(15)8(2)6-9-7-10(13)4-5-11(9)14/h4-5,7-8,12,15H,3,6H2,1-2H3. The van der Waals surface area contributed by atoms with E-state index in [0.29, 0.717) is 18.4 Å². The number of hydrogen-bond acceptors (Lipinski definition) is 1. The molecule has 0 aliphatic heterocycles. The van der Waals surface area contributed by atoms with Gasteiger partial charge in [-0.05, 0) is 42.5 Å². The lowest BCUT2D eigenvalue weighted by Gasteiger charge is -2.17. The first-order valence-corrected chi connectivity index (χ1v) is 5.96. The number of benzene rings is 1. The summed E-state index contributed by atoms with van der Waals surface area (Å²) in [7, 11) is 0. The van der Waals surface area contributed by atoms with E-state index < -0.39 is 0 Å². The molecule has 1 nitrogen and oxygen atoms in total. The summed E-state index contributed by atoms with van der Waals surface area (Å²) >= 11 is 3.31. The molecule has 0 aliphatic carbocycles. The van der Waals surface area contributed by atoms with Gasteiger partial charge in [0, 0.05) is 4.47 Å². The van der Waals surface area contributed by atoms with Crippen molar-refractivity contribution in [3.8, 4) is 0 Å². The maximum absolute atomic E-state index is 13.4. The van der Waals surface area contributed by atoms with E-state index in [0.717, 1.165) is 4.47 Å². The zero-order valence-corrected chi connectivity index (χ0v) is 10.6. The molecule has 1 aromatic rings. The number of aliphatic hydroxyl groups excluding tert-OH is 1. The van der Waals surface area contributed by atoms with Crippen molar-refractivity contribution < 1.29 is 9.50 Å². The summed E-state index contributed by atoms with van der Waals surface area (Å²) in [6, 6.07) is 4.90. The summed E-state index contributed by atoms with van der Waals surface area (Å²) in [6.07, 6.45) is 0.917. The third-order valence-corrected chi connectivity index (χ3v) is 3.12. The molecule has 0 amide bonds. The Hall–Kier alpha value is -0.410. The molecule has 0 aliphatic rings. The topological polar surface area (TPSA) is 20.2 Å². The molecule has 0 saturated heterocycles. The molecule has 0 heterocycles. The molecule has 1 aromatic carbocycles. The fourth-order valence-electron chi connectivity index (χ4n) is 1.59. The monoisotopic (exact) mass is 274 g/mol. The minimum atomic E-state index is -0.358. The fourth-order valence-corrected chi connectivity index (χ4v) is 1.99. The lowest BCUT2D eigenvalue weighted by atomic mass is 9.94. The summed E-state index contributed by atoms with van der Waals surface area (Å²) in [5, 5.41) is 9.61. The van der Waals surface area contributed by atoms with Crippen LogP contribution in [0.15, 0.2) is 22.7 Å². The molecule has 1 rings (SSSR count). The smallest absolute Gasteiger partial charge is 0.126 e. The van der Waals surface area contributed by atoms with Crippen LogP contribution in [0.2, 0.25) is 0 Å². The van der Waals surface area contributed by atoms with Crippen LogP contribution >= 0.6 is 15.9 Å². The van der Waals surface area contributed by atoms with Crippen LogP contribution in [0.5, 0.6) is 0 Å². The molecule has 84 valence electrons. The maximum atomic E-state index is 13.4. The largest absolute Gasteiger partial charge is 0.393 e. The molecular weight excluding hydrogens is 259 g/mol. The normalized spacial score (nSPS) is 15.0. The summed E-state index contributed by atoms with van der Waals surface area (Å²) in [5.41, 5.74) is 0.657. The summed E-state index contributed by atoms with van der Waals surface area (Å²) in [6.45, 7) is 3.87. The Labute approximate surface area is 98.4 Å². The minimum absolute atomic E-state index is 0.0822. The van der Waals surface area contributed by atoms with Crippen molar-refractivity contribution in [3.63, 3.8) is 0 Å². The van der Waals surface area contributed by atoms with Crippen LogP contribution in [0.1, 0.15) is 25.8 Å². The third-order valence-electron chi connectivity index (χ3n) is 2.62. The van der Waals surface area contributed by atoms with Crippen molar-refractivity contribution in [3.05, 3.63) is 34.1 Å². The van der Waals surface area contributed by atoms with Crippen LogP contribution in [0.25, 0.3) is 0 Å². The molecule has 3 heteroatoms. The first kappa shape index (κ1) is 12.7. The average Bonchev–Trinajstić information content (AvgIpc) is 2.22. The van der Waals surface area contributed by atoms with Crippen molar-refractivity contribution in [1.82, 2.24) is 0 Å². The first-order chi connectivity index (χ1) is 7.04. The number of hydrogen-bond donors (Lipinski definition) is 1. The zero-order chi connectivity index (χ0) is 11.4. The van der Waals surface area contributed by atoms with Crippen molar-refractivity contribution in [2.45, 2.75) is 32.8 Å². The van der Waals surface area contributed by atoms with E-state index in [9.17, 15) is 9.50 Å². The summed E-state index contributed by atoms with van der Waals surface area (Å²) < 4.78 is 14.3. The van der Waals surface area contributed by atoms with E-state index in [4.69, 9.17) is 0 Å². The van der Waals surface area contributed by atoms with Gasteiger partial charge in [-0.25, -0.2) is 4.39 Å². The van der Waals surface area contributed by atoms with Gasteiger partial charge in [-0.15, -0.1) is 0 Å². The molecule has 0 bridgehead atoms. The van der Waals surface area contributed by atoms with Crippen LogP contribution in [-0.4, -0.2) is 11.2 Å². The summed E-state index contributed by atoms with van der Waals surface area (Å²) in [5.74, 6) is -0.118. The SMILES string of the molecule is CCC(O)C(C)Cc1cc(Br)ccc1F. The van der Waals surface area contributed by atoms with Crippen molar-refractivity contribution >= 4 is 15.9 Å². The van der Waals surface area contributed by atoms with Gasteiger partial charge >= 0.3 is 0 Å². The van der Waals surface area contributed by atoms with Crippen molar-refractivity contribution in [2.75, 3.05) is 0 Å². The Morgan fingerprint density at radius 2 is 2.13 bits per heavy atom. The van der Waals surface area contributed by atoms with E-state index in [1.807, 2.05) is 13.8 Å². The molecule has 2 atom stereocenters. The highest BCUT2D eigenvalue weighted by Crippen LogP contribution is 2.20. The van der Waals surface area contributed by atoms with Crippen LogP contribution in [0.3, 0.4) is 0 Å². The van der Waals surface area contributed by atoms with Gasteiger partial charge in [-0.1, -0.05) is 29.8 Å². The predicted molar refractivity (Wildman–Crippen MR) is 63.3 cm³/mol. The van der Waals surface area contributed by atoms with E-state index >= 15 is 0 Å². The number of rotatable bonds is 4. The highest BCUT2D eigenvalue weighted by Gasteiger charge is 2.14. The fraction of sp³-hybridized carbons (Fsp3) is 0.500.